The highest BCUT2D eigenvalue weighted by molar-refractivity contribution is 6.31. The average molecular weight is 354 g/mol. The van der Waals surface area contributed by atoms with Crippen molar-refractivity contribution in [2.75, 3.05) is 6.54 Å². The van der Waals surface area contributed by atoms with Gasteiger partial charge in [-0.2, -0.15) is 5.10 Å². The lowest BCUT2D eigenvalue weighted by Crippen LogP contribution is -2.27. The van der Waals surface area contributed by atoms with E-state index in [0.29, 0.717) is 23.7 Å². The number of hydrogen-bond acceptors (Lipinski definition) is 2. The number of hydrogen-bond donors (Lipinski definition) is 1. The lowest BCUT2D eigenvalue weighted by atomic mass is 10.0. The van der Waals surface area contributed by atoms with Gasteiger partial charge in [0, 0.05) is 17.8 Å². The van der Waals surface area contributed by atoms with Gasteiger partial charge < -0.3 is 5.32 Å². The molecular formula is C20H20ClN3O. The summed E-state index contributed by atoms with van der Waals surface area (Å²) in [7, 11) is 0. The summed E-state index contributed by atoms with van der Waals surface area (Å²) in [5, 5.41) is 7.92. The van der Waals surface area contributed by atoms with E-state index in [-0.39, 0.29) is 11.8 Å². The second-order valence-corrected chi connectivity index (χ2v) is 6.45. The van der Waals surface area contributed by atoms with Crippen LogP contribution in [-0.2, 0) is 6.54 Å². The van der Waals surface area contributed by atoms with E-state index in [1.54, 1.807) is 17.1 Å². The Hall–Kier alpha value is -2.59. The average Bonchev–Trinajstić information content (AvgIpc) is 3.11. The molecular weight excluding hydrogens is 334 g/mol. The zero-order valence-corrected chi connectivity index (χ0v) is 14.8. The first kappa shape index (κ1) is 17.2. The molecule has 5 heteroatoms. The molecule has 3 aromatic rings. The molecule has 1 aromatic heterocycles. The first-order chi connectivity index (χ1) is 12.1. The van der Waals surface area contributed by atoms with E-state index in [4.69, 9.17) is 11.6 Å². The molecule has 0 aliphatic carbocycles. The summed E-state index contributed by atoms with van der Waals surface area (Å²) < 4.78 is 1.72. The number of aromatic nitrogens is 2. The number of carbonyl (C=O) groups excluding carboxylic acids is 1. The molecule has 0 radical (unpaired) electrons. The third-order valence-electron chi connectivity index (χ3n) is 4.12. The first-order valence-corrected chi connectivity index (χ1v) is 8.60. The highest BCUT2D eigenvalue weighted by Crippen LogP contribution is 2.16. The number of amides is 1. The van der Waals surface area contributed by atoms with Crippen LogP contribution >= 0.6 is 11.6 Å². The van der Waals surface area contributed by atoms with Crippen LogP contribution in [-0.4, -0.2) is 22.2 Å². The van der Waals surface area contributed by atoms with Gasteiger partial charge in [-0.25, -0.2) is 0 Å². The molecule has 0 aliphatic rings. The van der Waals surface area contributed by atoms with E-state index in [2.05, 4.69) is 29.5 Å². The summed E-state index contributed by atoms with van der Waals surface area (Å²) in [6.07, 6.45) is 3.32. The Labute approximate surface area is 152 Å². The first-order valence-electron chi connectivity index (χ1n) is 8.22. The summed E-state index contributed by atoms with van der Waals surface area (Å²) >= 11 is 6.17. The van der Waals surface area contributed by atoms with Crippen LogP contribution in [0.3, 0.4) is 0 Å². The van der Waals surface area contributed by atoms with Crippen molar-refractivity contribution in [3.8, 4) is 0 Å². The van der Waals surface area contributed by atoms with Crippen molar-refractivity contribution < 1.29 is 4.79 Å². The van der Waals surface area contributed by atoms with Crippen LogP contribution in [0.2, 0.25) is 5.02 Å². The topological polar surface area (TPSA) is 46.9 Å². The lowest BCUT2D eigenvalue weighted by Gasteiger charge is -2.12. The van der Waals surface area contributed by atoms with Gasteiger partial charge in [-0.3, -0.25) is 9.48 Å². The fourth-order valence-corrected chi connectivity index (χ4v) is 2.81. The molecule has 2 aromatic carbocycles. The van der Waals surface area contributed by atoms with Crippen molar-refractivity contribution in [3.05, 3.63) is 88.7 Å². The van der Waals surface area contributed by atoms with Crippen molar-refractivity contribution in [1.29, 1.82) is 0 Å². The second-order valence-electron chi connectivity index (χ2n) is 6.04. The molecule has 1 heterocycles. The van der Waals surface area contributed by atoms with Crippen molar-refractivity contribution in [2.45, 2.75) is 19.4 Å². The van der Waals surface area contributed by atoms with E-state index in [1.807, 2.05) is 42.5 Å². The minimum atomic E-state index is -0.117. The summed E-state index contributed by atoms with van der Waals surface area (Å²) in [5.41, 5.74) is 2.72. The van der Waals surface area contributed by atoms with Crippen molar-refractivity contribution in [3.63, 3.8) is 0 Å². The summed E-state index contributed by atoms with van der Waals surface area (Å²) in [6, 6.07) is 17.8. The van der Waals surface area contributed by atoms with E-state index in [1.165, 1.54) is 5.56 Å². The maximum atomic E-state index is 12.3. The Bertz CT molecular complexity index is 845. The Balaban J connectivity index is 1.58. The standard InChI is InChI=1S/C20H20ClN3O/c1-15(16-7-3-2-4-8-16)11-22-20(25)18-12-23-24(14-18)13-17-9-5-6-10-19(17)21/h2-10,12,14-15H,11,13H2,1H3,(H,22,25). The van der Waals surface area contributed by atoms with E-state index < -0.39 is 0 Å². The van der Waals surface area contributed by atoms with Gasteiger partial charge in [0.15, 0.2) is 0 Å². The predicted molar refractivity (Wildman–Crippen MR) is 100.0 cm³/mol. The number of nitrogens with one attached hydrogen (secondary N) is 1. The molecule has 1 unspecified atom stereocenters. The van der Waals surface area contributed by atoms with Crippen molar-refractivity contribution >= 4 is 17.5 Å². The third kappa shape index (κ3) is 4.48. The molecule has 3 rings (SSSR count). The van der Waals surface area contributed by atoms with Crippen LogP contribution in [0.25, 0.3) is 0 Å². The third-order valence-corrected chi connectivity index (χ3v) is 4.49. The summed E-state index contributed by atoms with van der Waals surface area (Å²) in [5.74, 6) is 0.136. The molecule has 4 nitrogen and oxygen atoms in total. The normalized spacial score (nSPS) is 11.9. The van der Waals surface area contributed by atoms with Crippen LogP contribution in [0.5, 0.6) is 0 Å². The van der Waals surface area contributed by atoms with Crippen LogP contribution in [0.4, 0.5) is 0 Å². The monoisotopic (exact) mass is 353 g/mol. The molecule has 0 saturated carbocycles. The molecule has 0 spiro atoms. The molecule has 0 aliphatic heterocycles. The van der Waals surface area contributed by atoms with Crippen LogP contribution in [0.15, 0.2) is 67.0 Å². The van der Waals surface area contributed by atoms with Crippen LogP contribution in [0.1, 0.15) is 34.3 Å². The highest BCUT2D eigenvalue weighted by Gasteiger charge is 2.12. The molecule has 0 saturated heterocycles. The molecule has 128 valence electrons. The molecule has 1 amide bonds. The molecule has 0 bridgehead atoms. The van der Waals surface area contributed by atoms with Crippen LogP contribution < -0.4 is 5.32 Å². The van der Waals surface area contributed by atoms with Crippen molar-refractivity contribution in [2.24, 2.45) is 0 Å². The van der Waals surface area contributed by atoms with E-state index in [0.717, 1.165) is 5.56 Å². The van der Waals surface area contributed by atoms with Gasteiger partial charge in [0.05, 0.1) is 18.3 Å². The number of benzene rings is 2. The fraction of sp³-hybridized carbons (Fsp3) is 0.200. The Kier molecular flexibility index (Phi) is 5.51. The van der Waals surface area contributed by atoms with Gasteiger partial charge in [-0.1, -0.05) is 67.1 Å². The molecule has 1 atom stereocenters. The molecule has 1 N–H and O–H groups in total. The predicted octanol–water partition coefficient (Wildman–Crippen LogP) is 4.12. The summed E-state index contributed by atoms with van der Waals surface area (Å²) in [6.45, 7) is 3.21. The fourth-order valence-electron chi connectivity index (χ4n) is 2.62. The zero-order valence-electron chi connectivity index (χ0n) is 14.0. The quantitative estimate of drug-likeness (QED) is 0.724. The van der Waals surface area contributed by atoms with E-state index >= 15 is 0 Å². The largest absolute Gasteiger partial charge is 0.351 e. The highest BCUT2D eigenvalue weighted by atomic mass is 35.5. The maximum absolute atomic E-state index is 12.3. The maximum Gasteiger partial charge on any atom is 0.254 e. The number of nitrogens with zero attached hydrogens (tertiary/aromatic N) is 2. The van der Waals surface area contributed by atoms with Gasteiger partial charge in [0.2, 0.25) is 0 Å². The zero-order chi connectivity index (χ0) is 17.6. The van der Waals surface area contributed by atoms with Gasteiger partial charge >= 0.3 is 0 Å². The second kappa shape index (κ2) is 7.99. The smallest absolute Gasteiger partial charge is 0.254 e. The number of halogens is 1. The Morgan fingerprint density at radius 3 is 2.64 bits per heavy atom. The van der Waals surface area contributed by atoms with Gasteiger partial charge in [-0.05, 0) is 23.1 Å². The van der Waals surface area contributed by atoms with Gasteiger partial charge in [0.1, 0.15) is 0 Å². The number of carbonyl (C=O) groups is 1. The SMILES string of the molecule is CC(CNC(=O)c1cnn(Cc2ccccc2Cl)c1)c1ccccc1. The van der Waals surface area contributed by atoms with Gasteiger partial charge in [0.25, 0.3) is 5.91 Å². The minimum Gasteiger partial charge on any atom is -0.351 e. The summed E-state index contributed by atoms with van der Waals surface area (Å²) in [4.78, 5) is 12.3. The van der Waals surface area contributed by atoms with Gasteiger partial charge in [-0.15, -0.1) is 0 Å². The Morgan fingerprint density at radius 1 is 1.16 bits per heavy atom. The molecule has 0 fully saturated rings. The molecule has 25 heavy (non-hydrogen) atoms. The van der Waals surface area contributed by atoms with E-state index in [9.17, 15) is 4.79 Å². The van der Waals surface area contributed by atoms with Crippen LogP contribution in [0, 0.1) is 0 Å². The van der Waals surface area contributed by atoms with Crippen molar-refractivity contribution in [1.82, 2.24) is 15.1 Å². The Morgan fingerprint density at radius 2 is 1.88 bits per heavy atom. The number of rotatable bonds is 6. The lowest BCUT2D eigenvalue weighted by molar-refractivity contribution is 0.0951. The minimum absolute atomic E-state index is 0.117.